The number of methoxy groups -OCH3 is 2. The number of hydrogen-bond donors (Lipinski definition) is 0. The van der Waals surface area contributed by atoms with Gasteiger partial charge in [0.25, 0.3) is 0 Å². The van der Waals surface area contributed by atoms with Gasteiger partial charge >= 0.3 is 0 Å². The largest absolute Gasteiger partial charge is 0.497 e. The second-order valence-electron chi connectivity index (χ2n) is 4.90. The molecule has 2 aromatic carbocycles. The van der Waals surface area contributed by atoms with Crippen molar-refractivity contribution in [3.63, 3.8) is 0 Å². The summed E-state index contributed by atoms with van der Waals surface area (Å²) in [6.45, 7) is 1.48. The minimum Gasteiger partial charge on any atom is -0.497 e. The van der Waals surface area contributed by atoms with Gasteiger partial charge in [-0.2, -0.15) is 0 Å². The van der Waals surface area contributed by atoms with Crippen LogP contribution in [0.4, 0.5) is 0 Å². The molecule has 0 N–H and O–H groups in total. The summed E-state index contributed by atoms with van der Waals surface area (Å²) < 4.78 is 24.0. The lowest BCUT2D eigenvalue weighted by Crippen LogP contribution is -2.18. The van der Waals surface area contributed by atoms with E-state index in [0.717, 1.165) is 11.8 Å². The summed E-state index contributed by atoms with van der Waals surface area (Å²) >= 11 is 1.08. The molecule has 6 heteroatoms. The zero-order valence-electron chi connectivity index (χ0n) is 13.3. The lowest BCUT2D eigenvalue weighted by atomic mass is 10.3. The SMILES string of the molecule is COc1ccc(P(=O)(CSC(C)=O)c2ccc(OC)cc2)cc1. The van der Waals surface area contributed by atoms with Gasteiger partial charge in [0.05, 0.1) is 19.7 Å². The average molecular weight is 350 g/mol. The second kappa shape index (κ2) is 7.71. The van der Waals surface area contributed by atoms with Gasteiger partial charge in [0.1, 0.15) is 11.5 Å². The molecule has 2 rings (SSSR count). The number of carbonyl (C=O) groups is 1. The molecule has 0 heterocycles. The maximum absolute atomic E-state index is 13.7. The number of thioether (sulfide) groups is 1. The van der Waals surface area contributed by atoms with E-state index in [0.29, 0.717) is 22.1 Å². The van der Waals surface area contributed by atoms with Gasteiger partial charge in [-0.1, -0.05) is 11.8 Å². The van der Waals surface area contributed by atoms with Crippen molar-refractivity contribution >= 4 is 34.6 Å². The second-order valence-corrected chi connectivity index (χ2v) is 9.31. The topological polar surface area (TPSA) is 52.6 Å². The van der Waals surface area contributed by atoms with Crippen LogP contribution < -0.4 is 20.1 Å². The van der Waals surface area contributed by atoms with E-state index in [-0.39, 0.29) is 10.6 Å². The molecule has 4 nitrogen and oxygen atoms in total. The fraction of sp³-hybridized carbons (Fsp3) is 0.235. The molecule has 0 aromatic heterocycles. The fourth-order valence-electron chi connectivity index (χ4n) is 2.13. The molecule has 0 amide bonds. The van der Waals surface area contributed by atoms with Crippen LogP contribution >= 0.6 is 18.9 Å². The summed E-state index contributed by atoms with van der Waals surface area (Å²) in [7, 11) is 0.266. The van der Waals surface area contributed by atoms with Crippen LogP contribution in [-0.4, -0.2) is 24.8 Å². The lowest BCUT2D eigenvalue weighted by molar-refractivity contribution is -0.109. The minimum absolute atomic E-state index is 0.0488. The van der Waals surface area contributed by atoms with Gasteiger partial charge in [-0.05, 0) is 48.5 Å². The van der Waals surface area contributed by atoms with Gasteiger partial charge in [0.15, 0.2) is 12.3 Å². The van der Waals surface area contributed by atoms with Gasteiger partial charge < -0.3 is 14.0 Å². The molecule has 2 aromatic rings. The van der Waals surface area contributed by atoms with Crippen molar-refractivity contribution in [3.8, 4) is 11.5 Å². The van der Waals surface area contributed by atoms with E-state index in [1.165, 1.54) is 6.92 Å². The molecule has 0 spiro atoms. The standard InChI is InChI=1S/C17H19O4PS/c1-13(18)23-12-22(19,16-8-4-14(20-2)5-9-16)17-10-6-15(21-3)7-11-17/h4-11H,12H2,1-3H3. The lowest BCUT2D eigenvalue weighted by Gasteiger charge is -2.19. The number of rotatable bonds is 6. The van der Waals surface area contributed by atoms with Crippen LogP contribution in [0.5, 0.6) is 11.5 Å². The molecular weight excluding hydrogens is 331 g/mol. The normalized spacial score (nSPS) is 11.1. The summed E-state index contributed by atoms with van der Waals surface area (Å²) in [4.78, 5) is 11.4. The van der Waals surface area contributed by atoms with Crippen LogP contribution in [0.3, 0.4) is 0 Å². The molecule has 0 saturated heterocycles. The van der Waals surface area contributed by atoms with Gasteiger partial charge in [-0.25, -0.2) is 0 Å². The maximum atomic E-state index is 13.7. The Bertz CT molecular complexity index is 659. The van der Waals surface area contributed by atoms with E-state index in [2.05, 4.69) is 0 Å². The molecule has 0 atom stereocenters. The van der Waals surface area contributed by atoms with Crippen molar-refractivity contribution in [2.45, 2.75) is 6.92 Å². The van der Waals surface area contributed by atoms with Gasteiger partial charge in [-0.3, -0.25) is 4.79 Å². The number of carbonyl (C=O) groups excluding carboxylic acids is 1. The van der Waals surface area contributed by atoms with Crippen molar-refractivity contribution in [3.05, 3.63) is 48.5 Å². The van der Waals surface area contributed by atoms with Crippen molar-refractivity contribution in [2.75, 3.05) is 19.7 Å². The first kappa shape index (κ1) is 17.6. The maximum Gasteiger partial charge on any atom is 0.186 e. The van der Waals surface area contributed by atoms with E-state index >= 15 is 0 Å². The molecule has 0 radical (unpaired) electrons. The quantitative estimate of drug-likeness (QED) is 0.749. The highest BCUT2D eigenvalue weighted by Crippen LogP contribution is 2.47. The van der Waals surface area contributed by atoms with Crippen molar-refractivity contribution in [1.29, 1.82) is 0 Å². The fourth-order valence-corrected chi connectivity index (χ4v) is 6.33. The van der Waals surface area contributed by atoms with Crippen molar-refractivity contribution in [2.24, 2.45) is 0 Å². The van der Waals surface area contributed by atoms with Crippen LogP contribution in [0, 0.1) is 0 Å². The Balaban J connectivity index is 2.44. The van der Waals surface area contributed by atoms with Crippen molar-refractivity contribution < 1.29 is 18.8 Å². The Morgan fingerprint density at radius 1 is 0.913 bits per heavy atom. The Morgan fingerprint density at radius 3 is 1.61 bits per heavy atom. The predicted octanol–water partition coefficient (Wildman–Crippen LogP) is 3.25. The summed E-state index contributed by atoms with van der Waals surface area (Å²) in [5.41, 5.74) is 0.237. The number of benzene rings is 2. The minimum atomic E-state index is -2.91. The van der Waals surface area contributed by atoms with E-state index in [9.17, 15) is 9.36 Å². The zero-order valence-corrected chi connectivity index (χ0v) is 15.0. The third kappa shape index (κ3) is 4.18. The van der Waals surface area contributed by atoms with Crippen LogP contribution in [0.1, 0.15) is 6.92 Å². The Hall–Kier alpha value is -1.71. The van der Waals surface area contributed by atoms with Crippen LogP contribution in [0.25, 0.3) is 0 Å². The highest BCUT2D eigenvalue weighted by molar-refractivity contribution is 8.19. The molecule has 122 valence electrons. The van der Waals surface area contributed by atoms with Gasteiger partial charge in [0.2, 0.25) is 0 Å². The summed E-state index contributed by atoms with van der Waals surface area (Å²) in [6.07, 6.45) is 0. The average Bonchev–Trinajstić information content (AvgIpc) is 2.59. The Kier molecular flexibility index (Phi) is 5.91. The molecule has 0 aliphatic heterocycles. The monoisotopic (exact) mass is 350 g/mol. The summed E-state index contributed by atoms with van der Waals surface area (Å²) in [5.74, 6) is 1.41. The number of ether oxygens (including phenoxy) is 2. The molecule has 0 aliphatic carbocycles. The molecule has 0 unspecified atom stereocenters. The molecule has 0 saturated carbocycles. The van der Waals surface area contributed by atoms with Crippen LogP contribution in [-0.2, 0) is 9.36 Å². The van der Waals surface area contributed by atoms with Crippen LogP contribution in [0.15, 0.2) is 48.5 Å². The first-order valence-electron chi connectivity index (χ1n) is 7.01. The first-order valence-corrected chi connectivity index (χ1v) is 9.89. The van der Waals surface area contributed by atoms with Gasteiger partial charge in [-0.15, -0.1) is 0 Å². The highest BCUT2D eigenvalue weighted by Gasteiger charge is 2.28. The number of hydrogen-bond acceptors (Lipinski definition) is 5. The van der Waals surface area contributed by atoms with Crippen molar-refractivity contribution in [1.82, 2.24) is 0 Å². The van der Waals surface area contributed by atoms with E-state index in [1.807, 2.05) is 0 Å². The van der Waals surface area contributed by atoms with E-state index in [4.69, 9.17) is 9.47 Å². The predicted molar refractivity (Wildman–Crippen MR) is 96.0 cm³/mol. The Labute approximate surface area is 140 Å². The van der Waals surface area contributed by atoms with Crippen LogP contribution in [0.2, 0.25) is 0 Å². The molecule has 23 heavy (non-hydrogen) atoms. The first-order chi connectivity index (χ1) is 11.0. The zero-order chi connectivity index (χ0) is 16.9. The highest BCUT2D eigenvalue weighted by atomic mass is 32.2. The van der Waals surface area contributed by atoms with Gasteiger partial charge in [0, 0.05) is 17.5 Å². The molecule has 0 aliphatic rings. The van der Waals surface area contributed by atoms with E-state index in [1.54, 1.807) is 62.8 Å². The smallest absolute Gasteiger partial charge is 0.186 e. The summed E-state index contributed by atoms with van der Waals surface area (Å²) in [6, 6.07) is 14.3. The molecule has 0 bridgehead atoms. The summed E-state index contributed by atoms with van der Waals surface area (Å²) in [5, 5.41) is 1.36. The third-order valence-corrected chi connectivity index (χ3v) is 8.07. The molecule has 0 fully saturated rings. The third-order valence-electron chi connectivity index (χ3n) is 3.43. The van der Waals surface area contributed by atoms with E-state index < -0.39 is 7.14 Å². The molecular formula is C17H19O4PS. The Morgan fingerprint density at radius 2 is 1.30 bits per heavy atom.